The third kappa shape index (κ3) is 2.89. The summed E-state index contributed by atoms with van der Waals surface area (Å²) < 4.78 is 15.7. The van der Waals surface area contributed by atoms with Gasteiger partial charge in [-0.05, 0) is 36.8 Å². The fourth-order valence-corrected chi connectivity index (χ4v) is 3.77. The van der Waals surface area contributed by atoms with Gasteiger partial charge in [-0.3, -0.25) is 9.67 Å². The Balaban J connectivity index is 1.55. The monoisotopic (exact) mass is 374 g/mol. The van der Waals surface area contributed by atoms with E-state index in [0.29, 0.717) is 12.4 Å². The Bertz CT molecular complexity index is 1200. The Morgan fingerprint density at radius 1 is 1.07 bits per heavy atom. The summed E-state index contributed by atoms with van der Waals surface area (Å²) in [5.41, 5.74) is 5.11. The van der Waals surface area contributed by atoms with Crippen LogP contribution in [0.3, 0.4) is 0 Å². The molecule has 0 bridgehead atoms. The van der Waals surface area contributed by atoms with Crippen molar-refractivity contribution in [3.63, 3.8) is 0 Å². The summed E-state index contributed by atoms with van der Waals surface area (Å²) in [6.07, 6.45) is 6.55. The molecular formula is C21H19FN6. The summed E-state index contributed by atoms with van der Waals surface area (Å²) >= 11 is 0. The second kappa shape index (κ2) is 6.37. The van der Waals surface area contributed by atoms with E-state index in [0.717, 1.165) is 52.1 Å². The van der Waals surface area contributed by atoms with Gasteiger partial charge in [-0.15, -0.1) is 0 Å². The van der Waals surface area contributed by atoms with Crippen LogP contribution < -0.4 is 4.90 Å². The van der Waals surface area contributed by atoms with Crippen molar-refractivity contribution in [2.24, 2.45) is 7.05 Å². The second-order valence-electron chi connectivity index (χ2n) is 7.16. The highest BCUT2D eigenvalue weighted by atomic mass is 19.1. The van der Waals surface area contributed by atoms with Crippen LogP contribution in [0.4, 0.5) is 10.2 Å². The number of fused-ring (bicyclic) bond motifs is 2. The molecule has 6 nitrogen and oxygen atoms in total. The molecule has 1 aliphatic heterocycles. The zero-order valence-corrected chi connectivity index (χ0v) is 15.7. The van der Waals surface area contributed by atoms with Crippen LogP contribution in [0.25, 0.3) is 22.0 Å². The second-order valence-corrected chi connectivity index (χ2v) is 7.16. The Morgan fingerprint density at radius 3 is 2.79 bits per heavy atom. The van der Waals surface area contributed by atoms with E-state index < -0.39 is 0 Å². The number of nitrogens with zero attached hydrogens (tertiary/aromatic N) is 6. The van der Waals surface area contributed by atoms with Crippen molar-refractivity contribution in [3.05, 3.63) is 65.8 Å². The molecule has 1 aromatic carbocycles. The van der Waals surface area contributed by atoms with Crippen LogP contribution in [0.15, 0.2) is 42.9 Å². The molecule has 3 aromatic heterocycles. The van der Waals surface area contributed by atoms with E-state index in [4.69, 9.17) is 0 Å². The Morgan fingerprint density at radius 2 is 1.96 bits per heavy atom. The first-order valence-corrected chi connectivity index (χ1v) is 9.22. The van der Waals surface area contributed by atoms with Crippen LogP contribution in [0.2, 0.25) is 0 Å². The minimum atomic E-state index is -0.279. The van der Waals surface area contributed by atoms with E-state index in [2.05, 4.69) is 31.0 Å². The molecule has 0 N–H and O–H groups in total. The molecule has 4 aromatic rings. The molecule has 0 aliphatic carbocycles. The first-order chi connectivity index (χ1) is 13.6. The number of hydrogen-bond donors (Lipinski definition) is 0. The lowest BCUT2D eigenvalue weighted by Crippen LogP contribution is -2.32. The van der Waals surface area contributed by atoms with E-state index >= 15 is 0 Å². The Kier molecular flexibility index (Phi) is 3.82. The molecule has 0 fully saturated rings. The Labute approximate surface area is 161 Å². The summed E-state index contributed by atoms with van der Waals surface area (Å²) in [4.78, 5) is 15.9. The molecule has 0 atom stereocenters. The molecule has 0 unspecified atom stereocenters. The molecular weight excluding hydrogens is 355 g/mol. The molecule has 1 aliphatic rings. The number of halogens is 1. The van der Waals surface area contributed by atoms with Crippen molar-refractivity contribution in [1.29, 1.82) is 0 Å². The van der Waals surface area contributed by atoms with Crippen molar-refractivity contribution < 1.29 is 4.39 Å². The molecule has 0 radical (unpaired) electrons. The maximum atomic E-state index is 13.9. The fraction of sp³-hybridized carbons (Fsp3) is 0.238. The quantitative estimate of drug-likeness (QED) is 0.538. The van der Waals surface area contributed by atoms with Crippen LogP contribution in [-0.2, 0) is 20.0 Å². The lowest BCUT2D eigenvalue weighted by molar-refractivity contribution is 0.629. The smallest absolute Gasteiger partial charge is 0.140 e. The lowest BCUT2D eigenvalue weighted by atomic mass is 10.0. The van der Waals surface area contributed by atoms with Gasteiger partial charge in [0.25, 0.3) is 0 Å². The van der Waals surface area contributed by atoms with Gasteiger partial charge in [-0.1, -0.05) is 0 Å². The van der Waals surface area contributed by atoms with Gasteiger partial charge in [-0.25, -0.2) is 14.4 Å². The maximum absolute atomic E-state index is 13.9. The highest BCUT2D eigenvalue weighted by Crippen LogP contribution is 2.30. The van der Waals surface area contributed by atoms with Crippen molar-refractivity contribution in [2.45, 2.75) is 19.9 Å². The number of aromatic nitrogens is 5. The van der Waals surface area contributed by atoms with Crippen LogP contribution >= 0.6 is 0 Å². The number of hydrogen-bond acceptors (Lipinski definition) is 5. The van der Waals surface area contributed by atoms with Gasteiger partial charge in [-0.2, -0.15) is 5.10 Å². The molecule has 5 rings (SSSR count). The van der Waals surface area contributed by atoms with Gasteiger partial charge in [0.15, 0.2) is 0 Å². The highest BCUT2D eigenvalue weighted by Gasteiger charge is 2.22. The topological polar surface area (TPSA) is 59.7 Å². The Hall–Kier alpha value is -3.35. The number of benzene rings is 1. The van der Waals surface area contributed by atoms with E-state index in [1.165, 1.54) is 12.1 Å². The van der Waals surface area contributed by atoms with E-state index in [-0.39, 0.29) is 5.82 Å². The summed E-state index contributed by atoms with van der Waals surface area (Å²) in [6, 6.07) is 6.84. The van der Waals surface area contributed by atoms with Gasteiger partial charge in [0.1, 0.15) is 17.5 Å². The molecule has 4 heterocycles. The van der Waals surface area contributed by atoms with Crippen LogP contribution in [0, 0.1) is 12.7 Å². The van der Waals surface area contributed by atoms with Crippen LogP contribution in [-0.4, -0.2) is 31.3 Å². The van der Waals surface area contributed by atoms with E-state index in [1.807, 2.05) is 32.6 Å². The molecule has 140 valence electrons. The maximum Gasteiger partial charge on any atom is 0.140 e. The predicted molar refractivity (Wildman–Crippen MR) is 105 cm³/mol. The van der Waals surface area contributed by atoms with Gasteiger partial charge in [0, 0.05) is 61.2 Å². The minimum Gasteiger partial charge on any atom is -0.351 e. The third-order valence-electron chi connectivity index (χ3n) is 5.13. The number of rotatable bonds is 2. The average Bonchev–Trinajstić information content (AvgIpc) is 3.13. The van der Waals surface area contributed by atoms with Gasteiger partial charge >= 0.3 is 0 Å². The summed E-state index contributed by atoms with van der Waals surface area (Å²) in [7, 11) is 1.90. The first kappa shape index (κ1) is 16.8. The largest absolute Gasteiger partial charge is 0.351 e. The first-order valence-electron chi connectivity index (χ1n) is 9.22. The molecule has 0 saturated heterocycles. The zero-order valence-electron chi connectivity index (χ0n) is 15.7. The average molecular weight is 374 g/mol. The van der Waals surface area contributed by atoms with Crippen molar-refractivity contribution in [3.8, 4) is 11.1 Å². The molecule has 28 heavy (non-hydrogen) atoms. The molecule has 0 spiro atoms. The fourth-order valence-electron chi connectivity index (χ4n) is 3.77. The highest BCUT2D eigenvalue weighted by molar-refractivity contribution is 5.89. The van der Waals surface area contributed by atoms with E-state index in [9.17, 15) is 4.39 Å². The number of aryl methyl sites for hydroxylation is 2. The zero-order chi connectivity index (χ0) is 19.3. The predicted octanol–water partition coefficient (Wildman–Crippen LogP) is 3.44. The lowest BCUT2D eigenvalue weighted by Gasteiger charge is -2.30. The minimum absolute atomic E-state index is 0.279. The normalized spacial score (nSPS) is 13.8. The van der Waals surface area contributed by atoms with Crippen molar-refractivity contribution >= 4 is 16.7 Å². The van der Waals surface area contributed by atoms with Crippen LogP contribution in [0.1, 0.15) is 17.1 Å². The number of pyridine rings is 1. The van der Waals surface area contributed by atoms with E-state index in [1.54, 1.807) is 10.7 Å². The van der Waals surface area contributed by atoms with Crippen LogP contribution in [0.5, 0.6) is 0 Å². The van der Waals surface area contributed by atoms with Gasteiger partial charge in [0.05, 0.1) is 11.7 Å². The molecule has 7 heteroatoms. The third-order valence-corrected chi connectivity index (χ3v) is 5.13. The standard InChI is InChI=1S/C21H19FN6/c1-13-25-20-4-3-17(22)8-18(20)21(26-13)28-6-5-19-15(12-28)7-14(9-23-19)16-10-24-27(2)11-16/h3-4,7-11H,5-6,12H2,1-2H3. The van der Waals surface area contributed by atoms with Crippen molar-refractivity contribution in [2.75, 3.05) is 11.4 Å². The van der Waals surface area contributed by atoms with Crippen molar-refractivity contribution in [1.82, 2.24) is 24.7 Å². The molecule has 0 saturated carbocycles. The van der Waals surface area contributed by atoms with Gasteiger partial charge in [0.2, 0.25) is 0 Å². The summed E-state index contributed by atoms with van der Waals surface area (Å²) in [6.45, 7) is 3.33. The summed E-state index contributed by atoms with van der Waals surface area (Å²) in [5, 5.41) is 4.99. The SMILES string of the molecule is Cc1nc(N2CCc3ncc(-c4cnn(C)c4)cc3C2)c2cc(F)ccc2n1. The number of anilines is 1. The molecule has 0 amide bonds. The summed E-state index contributed by atoms with van der Waals surface area (Å²) in [5.74, 6) is 1.18. The van der Waals surface area contributed by atoms with Gasteiger partial charge < -0.3 is 4.90 Å².